The number of rotatable bonds is 4. The number of alkyl halides is 1. The molecular weight excluding hydrogens is 368 g/mol. The quantitative estimate of drug-likeness (QED) is 0.714. The second kappa shape index (κ2) is 7.09. The molecule has 0 amide bonds. The Hall–Kier alpha value is -0.0600. The van der Waals surface area contributed by atoms with Gasteiger partial charge in [-0.3, -0.25) is 0 Å². The minimum Gasteiger partial charge on any atom is -0.374 e. The summed E-state index contributed by atoms with van der Waals surface area (Å²) < 4.78 is 1.19. The maximum Gasteiger partial charge on any atom is 0.0375 e. The van der Waals surface area contributed by atoms with E-state index in [9.17, 15) is 0 Å². The Morgan fingerprint density at radius 1 is 1.32 bits per heavy atom. The summed E-state index contributed by atoms with van der Waals surface area (Å²) in [4.78, 5) is 4.82. The molecule has 0 aromatic heterocycles. The summed E-state index contributed by atoms with van der Waals surface area (Å²) in [6.07, 6.45) is 2.64. The monoisotopic (exact) mass is 388 g/mol. The number of piperidine rings is 1. The van der Waals surface area contributed by atoms with E-state index in [1.165, 1.54) is 41.7 Å². The van der Waals surface area contributed by atoms with Gasteiger partial charge in [0.05, 0.1) is 0 Å². The molecule has 4 heteroatoms. The molecule has 0 radical (unpaired) electrons. The first-order chi connectivity index (χ1) is 9.10. The zero-order chi connectivity index (χ0) is 13.8. The molecule has 106 valence electrons. The molecule has 1 fully saturated rings. The molecule has 1 aromatic carbocycles. The van der Waals surface area contributed by atoms with Crippen LogP contribution in [0.2, 0.25) is 0 Å². The molecule has 1 aliphatic rings. The van der Waals surface area contributed by atoms with E-state index in [0.29, 0.717) is 0 Å². The van der Waals surface area contributed by atoms with Gasteiger partial charge in [0.15, 0.2) is 0 Å². The van der Waals surface area contributed by atoms with E-state index in [2.05, 4.69) is 74.0 Å². The van der Waals surface area contributed by atoms with Crippen molar-refractivity contribution in [1.29, 1.82) is 0 Å². The molecule has 0 unspecified atom stereocenters. The highest BCUT2D eigenvalue weighted by atomic mass is 79.9. The first-order valence-electron chi connectivity index (χ1n) is 6.84. The zero-order valence-electron chi connectivity index (χ0n) is 11.7. The molecule has 0 N–H and O–H groups in total. The van der Waals surface area contributed by atoms with Crippen LogP contribution in [0, 0.1) is 5.92 Å². The van der Waals surface area contributed by atoms with Crippen LogP contribution in [0.25, 0.3) is 0 Å². The highest BCUT2D eigenvalue weighted by Crippen LogP contribution is 2.26. The fraction of sp³-hybridized carbons (Fsp3) is 0.600. The molecule has 0 aliphatic carbocycles. The van der Waals surface area contributed by atoms with Gasteiger partial charge in [-0.15, -0.1) is 0 Å². The Labute approximate surface area is 133 Å². The fourth-order valence-corrected chi connectivity index (χ4v) is 3.99. The molecule has 1 heterocycles. The van der Waals surface area contributed by atoms with Gasteiger partial charge in [-0.1, -0.05) is 37.9 Å². The van der Waals surface area contributed by atoms with Gasteiger partial charge in [0.1, 0.15) is 0 Å². The first kappa shape index (κ1) is 15.3. The Bertz CT molecular complexity index is 415. The number of hydrogen-bond donors (Lipinski definition) is 0. The van der Waals surface area contributed by atoms with Crippen LogP contribution in [0.5, 0.6) is 0 Å². The third kappa shape index (κ3) is 4.20. The molecule has 0 spiro atoms. The molecule has 1 saturated heterocycles. The van der Waals surface area contributed by atoms with Crippen molar-refractivity contribution in [3.05, 3.63) is 28.2 Å². The summed E-state index contributed by atoms with van der Waals surface area (Å²) in [7, 11) is 4.42. The van der Waals surface area contributed by atoms with Crippen molar-refractivity contribution in [3.63, 3.8) is 0 Å². The second-order valence-electron chi connectivity index (χ2n) is 5.54. The Morgan fingerprint density at radius 2 is 2.00 bits per heavy atom. The molecular formula is C15H22Br2N2. The lowest BCUT2D eigenvalue weighted by atomic mass is 9.96. The van der Waals surface area contributed by atoms with Crippen LogP contribution in [0.15, 0.2) is 22.7 Å². The summed E-state index contributed by atoms with van der Waals surface area (Å²) >= 11 is 7.15. The van der Waals surface area contributed by atoms with Crippen molar-refractivity contribution in [2.24, 2.45) is 5.92 Å². The average Bonchev–Trinajstić information content (AvgIpc) is 2.41. The Balaban J connectivity index is 1.96. The Morgan fingerprint density at radius 3 is 2.58 bits per heavy atom. The molecule has 0 atom stereocenters. The zero-order valence-corrected chi connectivity index (χ0v) is 14.9. The van der Waals surface area contributed by atoms with Gasteiger partial charge >= 0.3 is 0 Å². The van der Waals surface area contributed by atoms with Gasteiger partial charge in [-0.05, 0) is 56.6 Å². The molecule has 1 aliphatic heterocycles. The Kier molecular flexibility index (Phi) is 5.72. The van der Waals surface area contributed by atoms with Crippen LogP contribution < -0.4 is 4.90 Å². The summed E-state index contributed by atoms with van der Waals surface area (Å²) in [5, 5.41) is 0.895. The first-order valence-corrected chi connectivity index (χ1v) is 8.75. The summed E-state index contributed by atoms with van der Waals surface area (Å²) in [5.74, 6) is 0.829. The molecule has 2 nitrogen and oxygen atoms in total. The van der Waals surface area contributed by atoms with Crippen molar-refractivity contribution in [1.82, 2.24) is 4.90 Å². The third-order valence-electron chi connectivity index (χ3n) is 3.99. The maximum absolute atomic E-state index is 3.65. The van der Waals surface area contributed by atoms with Gasteiger partial charge < -0.3 is 9.80 Å². The molecule has 0 saturated carbocycles. The van der Waals surface area contributed by atoms with Crippen LogP contribution in [-0.2, 0) is 5.33 Å². The number of hydrogen-bond acceptors (Lipinski definition) is 2. The minimum absolute atomic E-state index is 0.829. The van der Waals surface area contributed by atoms with Gasteiger partial charge in [-0.25, -0.2) is 0 Å². The molecule has 0 bridgehead atoms. The number of anilines is 1. The maximum atomic E-state index is 3.65. The smallest absolute Gasteiger partial charge is 0.0375 e. The highest BCUT2D eigenvalue weighted by Gasteiger charge is 2.18. The predicted molar refractivity (Wildman–Crippen MR) is 90.3 cm³/mol. The number of benzene rings is 1. The normalized spacial score (nSPS) is 17.7. The summed E-state index contributed by atoms with van der Waals surface area (Å²) in [5.41, 5.74) is 2.60. The van der Waals surface area contributed by atoms with E-state index in [-0.39, 0.29) is 0 Å². The third-order valence-corrected chi connectivity index (χ3v) is 5.33. The van der Waals surface area contributed by atoms with E-state index in [0.717, 1.165) is 17.8 Å². The van der Waals surface area contributed by atoms with Gasteiger partial charge in [0.2, 0.25) is 0 Å². The SMILES string of the molecule is CN1CCC(CN(C)c2ccc(CBr)c(Br)c2)CC1. The van der Waals surface area contributed by atoms with Crippen molar-refractivity contribution in [2.75, 3.05) is 38.6 Å². The predicted octanol–water partition coefficient (Wildman–Crippen LogP) is 4.12. The standard InChI is InChI=1S/C15H22Br2N2/c1-18-7-5-12(6-8-18)11-19(2)14-4-3-13(10-16)15(17)9-14/h3-4,9,12H,5-8,10-11H2,1-2H3. The van der Waals surface area contributed by atoms with Gasteiger partial charge in [0.25, 0.3) is 0 Å². The molecule has 1 aromatic rings. The van der Waals surface area contributed by atoms with Crippen molar-refractivity contribution in [3.8, 4) is 0 Å². The van der Waals surface area contributed by atoms with Crippen LogP contribution in [0.1, 0.15) is 18.4 Å². The lowest BCUT2D eigenvalue weighted by Crippen LogP contribution is -2.35. The van der Waals surface area contributed by atoms with Crippen molar-refractivity contribution >= 4 is 37.5 Å². The van der Waals surface area contributed by atoms with Crippen LogP contribution in [0.4, 0.5) is 5.69 Å². The molecule has 2 rings (SSSR count). The van der Waals surface area contributed by atoms with E-state index in [4.69, 9.17) is 0 Å². The number of halogens is 2. The van der Waals surface area contributed by atoms with Crippen molar-refractivity contribution < 1.29 is 0 Å². The van der Waals surface area contributed by atoms with Crippen LogP contribution in [0.3, 0.4) is 0 Å². The number of nitrogens with zero attached hydrogens (tertiary/aromatic N) is 2. The summed E-state index contributed by atoms with van der Waals surface area (Å²) in [6, 6.07) is 6.64. The molecule has 19 heavy (non-hydrogen) atoms. The second-order valence-corrected chi connectivity index (χ2v) is 6.95. The average molecular weight is 390 g/mol. The highest BCUT2D eigenvalue weighted by molar-refractivity contribution is 9.10. The van der Waals surface area contributed by atoms with Crippen molar-refractivity contribution in [2.45, 2.75) is 18.2 Å². The summed E-state index contributed by atoms with van der Waals surface area (Å²) in [6.45, 7) is 3.64. The van der Waals surface area contributed by atoms with Gasteiger partial charge in [0, 0.05) is 29.1 Å². The topological polar surface area (TPSA) is 6.48 Å². The lowest BCUT2D eigenvalue weighted by Gasteiger charge is -2.32. The van der Waals surface area contributed by atoms with E-state index >= 15 is 0 Å². The number of likely N-dealkylation sites (tertiary alicyclic amines) is 1. The largest absolute Gasteiger partial charge is 0.374 e. The van der Waals surface area contributed by atoms with E-state index < -0.39 is 0 Å². The van der Waals surface area contributed by atoms with Crippen LogP contribution >= 0.6 is 31.9 Å². The van der Waals surface area contributed by atoms with E-state index in [1.807, 2.05) is 0 Å². The minimum atomic E-state index is 0.829. The van der Waals surface area contributed by atoms with Crippen LogP contribution in [-0.4, -0.2) is 38.6 Å². The fourth-order valence-electron chi connectivity index (χ4n) is 2.62. The lowest BCUT2D eigenvalue weighted by molar-refractivity contribution is 0.222. The van der Waals surface area contributed by atoms with E-state index in [1.54, 1.807) is 0 Å². The van der Waals surface area contributed by atoms with Gasteiger partial charge in [-0.2, -0.15) is 0 Å².